The molecular formula is C27H30N6O6S. The Bertz CT molecular complexity index is 1670. The van der Waals surface area contributed by atoms with Crippen LogP contribution in [-0.2, 0) is 15.4 Å². The summed E-state index contributed by atoms with van der Waals surface area (Å²) in [5, 5.41) is 7.06. The van der Waals surface area contributed by atoms with Crippen LogP contribution in [0.3, 0.4) is 0 Å². The van der Waals surface area contributed by atoms with Crippen molar-refractivity contribution in [2.45, 2.75) is 26.2 Å². The number of hydrogen-bond acceptors (Lipinski definition) is 9. The Kier molecular flexibility index (Phi) is 7.96. The van der Waals surface area contributed by atoms with E-state index < -0.39 is 16.1 Å². The van der Waals surface area contributed by atoms with Crippen molar-refractivity contribution in [1.29, 1.82) is 0 Å². The van der Waals surface area contributed by atoms with Crippen molar-refractivity contribution >= 4 is 43.9 Å². The maximum atomic E-state index is 13.2. The van der Waals surface area contributed by atoms with E-state index in [2.05, 4.69) is 30.3 Å². The monoisotopic (exact) mass is 566 g/mol. The summed E-state index contributed by atoms with van der Waals surface area (Å²) < 4.78 is 42.9. The Hall–Kier alpha value is -4.65. The van der Waals surface area contributed by atoms with Crippen molar-refractivity contribution in [3.05, 3.63) is 60.4 Å². The number of benzene rings is 3. The number of hydrogen-bond donors (Lipinski definition) is 3. The molecule has 2 amide bonds. The largest absolute Gasteiger partial charge is 0.492 e. The van der Waals surface area contributed by atoms with Gasteiger partial charge in [0.1, 0.15) is 12.1 Å². The Labute approximate surface area is 232 Å². The van der Waals surface area contributed by atoms with Crippen LogP contribution in [0, 0.1) is 0 Å². The molecule has 0 radical (unpaired) electrons. The van der Waals surface area contributed by atoms with Gasteiger partial charge in [-0.05, 0) is 35.2 Å². The summed E-state index contributed by atoms with van der Waals surface area (Å²) in [4.78, 5) is 25.2. The van der Waals surface area contributed by atoms with E-state index in [4.69, 9.17) is 14.2 Å². The van der Waals surface area contributed by atoms with Crippen LogP contribution in [0.4, 0.5) is 21.9 Å². The maximum absolute atomic E-state index is 13.2. The van der Waals surface area contributed by atoms with Crippen LogP contribution >= 0.6 is 0 Å². The van der Waals surface area contributed by atoms with Crippen molar-refractivity contribution in [3.63, 3.8) is 0 Å². The molecule has 0 aliphatic carbocycles. The lowest BCUT2D eigenvalue weighted by molar-refractivity contribution is 0.262. The molecule has 13 heteroatoms. The minimum Gasteiger partial charge on any atom is -0.492 e. The molecular weight excluding hydrogens is 536 g/mol. The highest BCUT2D eigenvalue weighted by Crippen LogP contribution is 2.39. The van der Waals surface area contributed by atoms with Gasteiger partial charge in [0.05, 0.1) is 37.5 Å². The Balaban J connectivity index is 1.65. The number of anilines is 3. The van der Waals surface area contributed by atoms with Gasteiger partial charge in [0.15, 0.2) is 5.75 Å². The van der Waals surface area contributed by atoms with E-state index >= 15 is 0 Å². The van der Waals surface area contributed by atoms with Crippen LogP contribution in [0.1, 0.15) is 26.3 Å². The second kappa shape index (κ2) is 11.2. The predicted octanol–water partition coefficient (Wildman–Crippen LogP) is 5.15. The Morgan fingerprint density at radius 2 is 1.50 bits per heavy atom. The smallest absolute Gasteiger partial charge is 0.328 e. The summed E-state index contributed by atoms with van der Waals surface area (Å²) in [7, 11) is -0.768. The standard InChI is InChI=1S/C27H30N6O6S/c1-27(2,3)16-13-20(23(37-4)21(14-16)33-40(6,35)36)31-24(34)30-19-11-12-22(18-10-8-7-9-17(18)19)39-26-29-15-28-25(32-26)38-5/h7-15,33H,1-6H3,(H2,30,31,34). The van der Waals surface area contributed by atoms with Crippen LogP contribution < -0.4 is 29.6 Å². The molecule has 3 N–H and O–H groups in total. The molecule has 4 aromatic rings. The SMILES string of the molecule is COc1ncnc(Oc2ccc(NC(=O)Nc3cc(C(C)(C)C)cc(NS(C)(=O)=O)c3OC)c3ccccc23)n1. The molecule has 0 saturated heterocycles. The lowest BCUT2D eigenvalue weighted by Gasteiger charge is -2.24. The van der Waals surface area contributed by atoms with Crippen LogP contribution in [0.15, 0.2) is 54.9 Å². The number of ether oxygens (including phenoxy) is 3. The molecule has 0 saturated carbocycles. The average Bonchev–Trinajstić information content (AvgIpc) is 2.88. The number of methoxy groups -OCH3 is 2. The summed E-state index contributed by atoms with van der Waals surface area (Å²) in [6.45, 7) is 5.93. The first-order valence-electron chi connectivity index (χ1n) is 12.1. The number of fused-ring (bicyclic) bond motifs is 1. The van der Waals surface area contributed by atoms with Gasteiger partial charge in [-0.25, -0.2) is 13.2 Å². The summed E-state index contributed by atoms with van der Waals surface area (Å²) in [6.07, 6.45) is 2.33. The van der Waals surface area contributed by atoms with Gasteiger partial charge in [-0.1, -0.05) is 45.0 Å². The first-order valence-corrected chi connectivity index (χ1v) is 14.0. The first-order chi connectivity index (χ1) is 18.9. The molecule has 4 rings (SSSR count). The van der Waals surface area contributed by atoms with Crippen molar-refractivity contribution in [2.24, 2.45) is 0 Å². The van der Waals surface area contributed by atoms with Crippen LogP contribution in [-0.4, -0.2) is 49.9 Å². The van der Waals surface area contributed by atoms with Gasteiger partial charge in [-0.2, -0.15) is 9.97 Å². The van der Waals surface area contributed by atoms with Crippen LogP contribution in [0.5, 0.6) is 23.5 Å². The van der Waals surface area contributed by atoms with Gasteiger partial charge < -0.3 is 24.8 Å². The van der Waals surface area contributed by atoms with Gasteiger partial charge in [-0.3, -0.25) is 4.72 Å². The number of sulfonamides is 1. The quantitative estimate of drug-likeness (QED) is 0.263. The van der Waals surface area contributed by atoms with E-state index in [0.717, 1.165) is 11.8 Å². The molecule has 0 spiro atoms. The summed E-state index contributed by atoms with van der Waals surface area (Å²) in [6, 6.07) is 13.8. The molecule has 3 aromatic carbocycles. The molecule has 0 aliphatic heterocycles. The molecule has 0 aliphatic rings. The molecule has 210 valence electrons. The lowest BCUT2D eigenvalue weighted by atomic mass is 9.86. The number of urea groups is 1. The Morgan fingerprint density at radius 3 is 2.15 bits per heavy atom. The van der Waals surface area contributed by atoms with E-state index in [0.29, 0.717) is 27.9 Å². The first kappa shape index (κ1) is 28.4. The zero-order valence-corrected chi connectivity index (χ0v) is 23.7. The molecule has 40 heavy (non-hydrogen) atoms. The Morgan fingerprint density at radius 1 is 0.850 bits per heavy atom. The topological polar surface area (TPSA) is 154 Å². The molecule has 12 nitrogen and oxygen atoms in total. The summed E-state index contributed by atoms with van der Waals surface area (Å²) in [5.41, 5.74) is 1.47. The van der Waals surface area contributed by atoms with Gasteiger partial charge >= 0.3 is 18.1 Å². The van der Waals surface area contributed by atoms with Gasteiger partial charge in [0.2, 0.25) is 10.0 Å². The summed E-state index contributed by atoms with van der Waals surface area (Å²) >= 11 is 0. The highest BCUT2D eigenvalue weighted by Gasteiger charge is 2.22. The molecule has 0 atom stereocenters. The van der Waals surface area contributed by atoms with E-state index in [1.165, 1.54) is 20.5 Å². The van der Waals surface area contributed by atoms with Crippen LogP contribution in [0.25, 0.3) is 10.8 Å². The number of rotatable bonds is 8. The number of carbonyl (C=O) groups excluding carboxylic acids is 1. The molecule has 0 bridgehead atoms. The number of nitrogens with zero attached hydrogens (tertiary/aromatic N) is 3. The third kappa shape index (κ3) is 6.67. The van der Waals surface area contributed by atoms with Gasteiger partial charge in [0.25, 0.3) is 0 Å². The number of carbonyl (C=O) groups is 1. The fourth-order valence-electron chi connectivity index (χ4n) is 3.91. The van der Waals surface area contributed by atoms with E-state index in [9.17, 15) is 13.2 Å². The van der Waals surface area contributed by atoms with E-state index in [1.54, 1.807) is 24.3 Å². The third-order valence-corrected chi connectivity index (χ3v) is 6.34. The zero-order chi connectivity index (χ0) is 29.1. The third-order valence-electron chi connectivity index (χ3n) is 5.75. The zero-order valence-electron chi connectivity index (χ0n) is 22.9. The fraction of sp³-hybridized carbons (Fsp3) is 0.259. The highest BCUT2D eigenvalue weighted by atomic mass is 32.2. The maximum Gasteiger partial charge on any atom is 0.328 e. The van der Waals surface area contributed by atoms with Gasteiger partial charge in [-0.15, -0.1) is 4.98 Å². The van der Waals surface area contributed by atoms with Crippen molar-refractivity contribution in [3.8, 4) is 23.5 Å². The minimum absolute atomic E-state index is 0.0554. The van der Waals surface area contributed by atoms with E-state index in [-0.39, 0.29) is 28.9 Å². The normalized spacial score (nSPS) is 11.6. The van der Waals surface area contributed by atoms with Crippen molar-refractivity contribution in [1.82, 2.24) is 15.0 Å². The molecule has 1 aromatic heterocycles. The molecule has 0 fully saturated rings. The van der Waals surface area contributed by atoms with Crippen molar-refractivity contribution in [2.75, 3.05) is 35.8 Å². The fourth-order valence-corrected chi connectivity index (χ4v) is 4.46. The van der Waals surface area contributed by atoms with Crippen molar-refractivity contribution < 1.29 is 27.4 Å². The van der Waals surface area contributed by atoms with E-state index in [1.807, 2.05) is 45.0 Å². The molecule has 1 heterocycles. The number of amides is 2. The lowest BCUT2D eigenvalue weighted by Crippen LogP contribution is -2.22. The minimum atomic E-state index is -3.61. The second-order valence-corrected chi connectivity index (χ2v) is 11.6. The molecule has 0 unspecified atom stereocenters. The van der Waals surface area contributed by atoms with Gasteiger partial charge in [0, 0.05) is 10.8 Å². The summed E-state index contributed by atoms with van der Waals surface area (Å²) in [5.74, 6) is 0.640. The average molecular weight is 567 g/mol. The van der Waals surface area contributed by atoms with Crippen LogP contribution in [0.2, 0.25) is 0 Å². The number of aromatic nitrogens is 3. The highest BCUT2D eigenvalue weighted by molar-refractivity contribution is 7.92. The second-order valence-electron chi connectivity index (χ2n) is 9.82. The predicted molar refractivity (Wildman–Crippen MR) is 153 cm³/mol. The number of nitrogens with one attached hydrogen (secondary N) is 3.